The van der Waals surface area contributed by atoms with Gasteiger partial charge in [0.1, 0.15) is 11.5 Å². The lowest BCUT2D eigenvalue weighted by Gasteiger charge is -2.50. The van der Waals surface area contributed by atoms with Crippen molar-refractivity contribution in [3.63, 3.8) is 0 Å². The summed E-state index contributed by atoms with van der Waals surface area (Å²) < 4.78 is 7.02. The highest BCUT2D eigenvalue weighted by Crippen LogP contribution is 2.62. The third-order valence-electron chi connectivity index (χ3n) is 10.8. The molecule has 0 atom stereocenters. The molecule has 10 rings (SSSR count). The predicted molar refractivity (Wildman–Crippen MR) is 204 cm³/mol. The summed E-state index contributed by atoms with van der Waals surface area (Å²) in [6, 6.07) is 57.7. The maximum atomic E-state index is 7.02. The van der Waals surface area contributed by atoms with Crippen molar-refractivity contribution in [2.24, 2.45) is 0 Å². The highest BCUT2D eigenvalue weighted by Gasteiger charge is 2.53. The van der Waals surface area contributed by atoms with E-state index in [1.165, 1.54) is 27.6 Å². The number of fused-ring (bicyclic) bond motifs is 9. The number of hydrogen-bond acceptors (Lipinski definition) is 4. The summed E-state index contributed by atoms with van der Waals surface area (Å²) in [5.41, 5.74) is 9.20. The molecule has 1 aliphatic heterocycles. The molecule has 0 unspecified atom stereocenters. The molecular formula is C47H33N3O. The van der Waals surface area contributed by atoms with Crippen LogP contribution in [0.3, 0.4) is 0 Å². The lowest BCUT2D eigenvalue weighted by Crippen LogP contribution is -2.43. The van der Waals surface area contributed by atoms with Gasteiger partial charge in [-0.05, 0) is 51.2 Å². The number of hydrogen-bond donors (Lipinski definition) is 0. The summed E-state index contributed by atoms with van der Waals surface area (Å²) in [6.45, 7) is 4.68. The Hall–Kier alpha value is -6.39. The van der Waals surface area contributed by atoms with Gasteiger partial charge in [0.05, 0.1) is 11.0 Å². The van der Waals surface area contributed by atoms with Gasteiger partial charge in [-0.25, -0.2) is 15.0 Å². The van der Waals surface area contributed by atoms with Crippen LogP contribution in [0, 0.1) is 0 Å². The minimum atomic E-state index is -0.626. The molecule has 0 N–H and O–H groups in total. The fourth-order valence-electron chi connectivity index (χ4n) is 8.49. The van der Waals surface area contributed by atoms with E-state index >= 15 is 0 Å². The van der Waals surface area contributed by atoms with E-state index in [1.54, 1.807) is 0 Å². The Kier molecular flexibility index (Phi) is 6.40. The second-order valence-electron chi connectivity index (χ2n) is 14.0. The molecule has 4 nitrogen and oxygen atoms in total. The van der Waals surface area contributed by atoms with Gasteiger partial charge in [0.15, 0.2) is 17.5 Å². The fourth-order valence-corrected chi connectivity index (χ4v) is 8.49. The van der Waals surface area contributed by atoms with Crippen molar-refractivity contribution in [3.05, 3.63) is 197 Å². The van der Waals surface area contributed by atoms with Gasteiger partial charge in [0.2, 0.25) is 0 Å². The molecule has 1 spiro atoms. The number of rotatable bonds is 3. The second kappa shape index (κ2) is 11.1. The summed E-state index contributed by atoms with van der Waals surface area (Å²) in [5.74, 6) is 3.38. The summed E-state index contributed by atoms with van der Waals surface area (Å²) in [5, 5.41) is 2.30. The van der Waals surface area contributed by atoms with E-state index in [4.69, 9.17) is 19.7 Å². The molecule has 242 valence electrons. The van der Waals surface area contributed by atoms with Crippen LogP contribution in [-0.2, 0) is 10.8 Å². The van der Waals surface area contributed by atoms with Crippen LogP contribution in [0.2, 0.25) is 0 Å². The Morgan fingerprint density at radius 2 is 0.961 bits per heavy atom. The van der Waals surface area contributed by atoms with E-state index in [-0.39, 0.29) is 5.41 Å². The number of ether oxygens (including phenoxy) is 1. The molecule has 0 saturated carbocycles. The van der Waals surface area contributed by atoms with Gasteiger partial charge in [-0.3, -0.25) is 0 Å². The van der Waals surface area contributed by atoms with Crippen LogP contribution >= 0.6 is 0 Å². The van der Waals surface area contributed by atoms with Gasteiger partial charge in [-0.1, -0.05) is 159 Å². The van der Waals surface area contributed by atoms with Crippen molar-refractivity contribution < 1.29 is 4.74 Å². The molecule has 8 aromatic rings. The molecule has 7 aromatic carbocycles. The largest absolute Gasteiger partial charge is 0.456 e. The molecular weight excluding hydrogens is 623 g/mol. The van der Waals surface area contributed by atoms with Crippen LogP contribution in [0.15, 0.2) is 164 Å². The number of benzene rings is 7. The summed E-state index contributed by atoms with van der Waals surface area (Å²) in [6.07, 6.45) is 0. The van der Waals surface area contributed by atoms with E-state index in [1.807, 2.05) is 30.3 Å². The molecule has 2 heterocycles. The highest BCUT2D eigenvalue weighted by atomic mass is 16.5. The van der Waals surface area contributed by atoms with Crippen molar-refractivity contribution in [3.8, 4) is 45.7 Å². The first kappa shape index (κ1) is 29.5. The number of nitrogens with zero attached hydrogens (tertiary/aromatic N) is 3. The first-order chi connectivity index (χ1) is 25.0. The smallest absolute Gasteiger partial charge is 0.167 e. The summed E-state index contributed by atoms with van der Waals surface area (Å²) in [7, 11) is 0. The molecule has 0 fully saturated rings. The topological polar surface area (TPSA) is 47.9 Å². The summed E-state index contributed by atoms with van der Waals surface area (Å²) >= 11 is 0. The van der Waals surface area contributed by atoms with Gasteiger partial charge >= 0.3 is 0 Å². The Labute approximate surface area is 297 Å². The second-order valence-corrected chi connectivity index (χ2v) is 14.0. The molecule has 1 aliphatic carbocycles. The van der Waals surface area contributed by atoms with Gasteiger partial charge in [-0.2, -0.15) is 0 Å². The first-order valence-corrected chi connectivity index (χ1v) is 17.5. The van der Waals surface area contributed by atoms with Crippen molar-refractivity contribution in [2.75, 3.05) is 0 Å². The van der Waals surface area contributed by atoms with Crippen LogP contribution in [0.1, 0.15) is 47.2 Å². The molecule has 1 aromatic heterocycles. The van der Waals surface area contributed by atoms with E-state index in [0.29, 0.717) is 17.5 Å². The Bertz CT molecular complexity index is 2610. The van der Waals surface area contributed by atoms with Gasteiger partial charge < -0.3 is 4.74 Å². The van der Waals surface area contributed by atoms with E-state index in [0.717, 1.165) is 44.7 Å². The highest BCUT2D eigenvalue weighted by molar-refractivity contribution is 5.87. The zero-order chi connectivity index (χ0) is 34.2. The van der Waals surface area contributed by atoms with Crippen LogP contribution in [0.25, 0.3) is 44.9 Å². The van der Waals surface area contributed by atoms with Crippen LogP contribution in [0.4, 0.5) is 0 Å². The summed E-state index contributed by atoms with van der Waals surface area (Å²) in [4.78, 5) is 15.4. The molecule has 4 heteroatoms. The van der Waals surface area contributed by atoms with Crippen molar-refractivity contribution in [1.82, 2.24) is 15.0 Å². The third-order valence-corrected chi connectivity index (χ3v) is 10.8. The Morgan fingerprint density at radius 1 is 0.412 bits per heavy atom. The van der Waals surface area contributed by atoms with E-state index < -0.39 is 5.41 Å². The quantitative estimate of drug-likeness (QED) is 0.190. The van der Waals surface area contributed by atoms with E-state index in [9.17, 15) is 0 Å². The minimum Gasteiger partial charge on any atom is -0.456 e. The van der Waals surface area contributed by atoms with Crippen molar-refractivity contribution >= 4 is 10.8 Å². The standard InChI is InChI=1S/C47H33N3O/c1-46(2)35-20-8-10-22-37(35)47(38-23-11-9-21-36(38)46)39-24-12-13-26-41(39)51-42-34(19-14-25-40(42)47)45-49-43(31-16-4-3-5-17-31)48-44(50-45)33-28-27-30-15-6-7-18-32(30)29-33/h3-29H,1-2H3. The maximum absolute atomic E-state index is 7.02. The molecule has 0 amide bonds. The number of para-hydroxylation sites is 2. The van der Waals surface area contributed by atoms with Crippen LogP contribution in [0.5, 0.6) is 11.5 Å². The average Bonchev–Trinajstić information content (AvgIpc) is 3.19. The molecule has 0 bridgehead atoms. The lowest BCUT2D eigenvalue weighted by molar-refractivity contribution is 0.426. The van der Waals surface area contributed by atoms with Gasteiger partial charge in [0, 0.05) is 27.7 Å². The maximum Gasteiger partial charge on any atom is 0.167 e. The van der Waals surface area contributed by atoms with Crippen molar-refractivity contribution in [2.45, 2.75) is 24.7 Å². The fraction of sp³-hybridized carbons (Fsp3) is 0.0851. The molecule has 2 aliphatic rings. The average molecular weight is 656 g/mol. The molecule has 0 radical (unpaired) electrons. The van der Waals surface area contributed by atoms with Crippen LogP contribution in [-0.4, -0.2) is 15.0 Å². The predicted octanol–water partition coefficient (Wildman–Crippen LogP) is 11.2. The minimum absolute atomic E-state index is 0.197. The zero-order valence-corrected chi connectivity index (χ0v) is 28.3. The van der Waals surface area contributed by atoms with Crippen molar-refractivity contribution in [1.29, 1.82) is 0 Å². The van der Waals surface area contributed by atoms with Gasteiger partial charge in [-0.15, -0.1) is 0 Å². The Morgan fingerprint density at radius 3 is 1.69 bits per heavy atom. The molecule has 51 heavy (non-hydrogen) atoms. The normalized spacial score (nSPS) is 14.5. The van der Waals surface area contributed by atoms with Crippen LogP contribution < -0.4 is 4.74 Å². The lowest BCUT2D eigenvalue weighted by atomic mass is 9.53. The number of aromatic nitrogens is 3. The van der Waals surface area contributed by atoms with Gasteiger partial charge in [0.25, 0.3) is 0 Å². The first-order valence-electron chi connectivity index (χ1n) is 17.5. The monoisotopic (exact) mass is 655 g/mol. The Balaban J connectivity index is 1.27. The zero-order valence-electron chi connectivity index (χ0n) is 28.3. The SMILES string of the molecule is CC1(C)c2ccccc2C2(c3ccccc3Oc3c(-c4nc(-c5ccccc5)nc(-c5ccc6ccccc6c5)n4)cccc32)c2ccccc21. The third kappa shape index (κ3) is 4.29. The van der Waals surface area contributed by atoms with E-state index in [2.05, 4.69) is 147 Å². The molecule has 0 saturated heterocycles.